The number of ether oxygens (including phenoxy) is 1. The molecule has 0 aromatic rings. The predicted molar refractivity (Wildman–Crippen MR) is 43.5 cm³/mol. The molecule has 3 heteroatoms. The van der Waals surface area contributed by atoms with Crippen LogP contribution in [0.1, 0.15) is 19.3 Å². The van der Waals surface area contributed by atoms with E-state index in [4.69, 9.17) is 4.74 Å². The molecule has 11 heavy (non-hydrogen) atoms. The number of hydrogen-bond donors (Lipinski definition) is 2. The summed E-state index contributed by atoms with van der Waals surface area (Å²) in [6, 6.07) is 0.253. The Morgan fingerprint density at radius 3 is 3.09 bits per heavy atom. The third-order valence-corrected chi connectivity index (χ3v) is 2.18. The topological polar surface area (TPSA) is 41.5 Å². The lowest BCUT2D eigenvalue weighted by Gasteiger charge is -2.28. The molecule has 1 saturated heterocycles. The molecule has 0 unspecified atom stereocenters. The molecule has 0 saturated carbocycles. The van der Waals surface area contributed by atoms with Crippen molar-refractivity contribution < 1.29 is 9.84 Å². The summed E-state index contributed by atoms with van der Waals surface area (Å²) >= 11 is 0. The lowest BCUT2D eigenvalue weighted by atomic mass is 9.99. The molecule has 1 fully saturated rings. The van der Waals surface area contributed by atoms with Crippen molar-refractivity contribution in [2.45, 2.75) is 31.4 Å². The van der Waals surface area contributed by atoms with Crippen molar-refractivity contribution in [2.24, 2.45) is 0 Å². The minimum atomic E-state index is -0.168. The highest BCUT2D eigenvalue weighted by atomic mass is 16.5. The number of aliphatic hydroxyl groups excluding tert-OH is 1. The van der Waals surface area contributed by atoms with Crippen LogP contribution in [-0.2, 0) is 4.74 Å². The molecule has 2 N–H and O–H groups in total. The van der Waals surface area contributed by atoms with Gasteiger partial charge in [-0.25, -0.2) is 0 Å². The highest BCUT2D eigenvalue weighted by molar-refractivity contribution is 4.80. The first-order valence-corrected chi connectivity index (χ1v) is 4.25. The van der Waals surface area contributed by atoms with Crippen LogP contribution < -0.4 is 5.32 Å². The van der Waals surface area contributed by atoms with Gasteiger partial charge in [-0.3, -0.25) is 0 Å². The third kappa shape index (κ3) is 2.77. The fraction of sp³-hybridized carbons (Fsp3) is 1.00. The van der Waals surface area contributed by atoms with E-state index in [9.17, 15) is 5.11 Å². The maximum Gasteiger partial charge on any atom is 0.0694 e. The SMILES string of the molecule is COCC[C@H]1NCCC[C@H]1O. The molecule has 1 aliphatic heterocycles. The van der Waals surface area contributed by atoms with E-state index in [0.717, 1.165) is 32.4 Å². The molecule has 0 spiro atoms. The summed E-state index contributed by atoms with van der Waals surface area (Å²) in [6.07, 6.45) is 2.77. The largest absolute Gasteiger partial charge is 0.392 e. The summed E-state index contributed by atoms with van der Waals surface area (Å²) in [4.78, 5) is 0. The van der Waals surface area contributed by atoms with Crippen LogP contribution in [0.25, 0.3) is 0 Å². The lowest BCUT2D eigenvalue weighted by Crippen LogP contribution is -2.45. The van der Waals surface area contributed by atoms with Gasteiger partial charge in [-0.15, -0.1) is 0 Å². The first kappa shape index (κ1) is 8.97. The van der Waals surface area contributed by atoms with Crippen LogP contribution in [-0.4, -0.2) is 37.5 Å². The van der Waals surface area contributed by atoms with E-state index in [1.807, 2.05) is 0 Å². The van der Waals surface area contributed by atoms with Gasteiger partial charge in [-0.05, 0) is 25.8 Å². The van der Waals surface area contributed by atoms with Crippen LogP contribution in [0.2, 0.25) is 0 Å². The van der Waals surface area contributed by atoms with E-state index in [1.165, 1.54) is 0 Å². The minimum Gasteiger partial charge on any atom is -0.392 e. The molecule has 0 bridgehead atoms. The normalized spacial score (nSPS) is 32.2. The number of piperidine rings is 1. The number of aliphatic hydroxyl groups is 1. The van der Waals surface area contributed by atoms with Crippen LogP contribution in [0.15, 0.2) is 0 Å². The Morgan fingerprint density at radius 2 is 2.45 bits per heavy atom. The first-order chi connectivity index (χ1) is 5.34. The van der Waals surface area contributed by atoms with Crippen molar-refractivity contribution in [3.8, 4) is 0 Å². The Kier molecular flexibility index (Phi) is 3.83. The van der Waals surface area contributed by atoms with Gasteiger partial charge in [-0.2, -0.15) is 0 Å². The average molecular weight is 159 g/mol. The number of rotatable bonds is 3. The first-order valence-electron chi connectivity index (χ1n) is 4.25. The molecule has 0 aromatic carbocycles. The van der Waals surface area contributed by atoms with Crippen molar-refractivity contribution in [2.75, 3.05) is 20.3 Å². The Labute approximate surface area is 67.7 Å². The van der Waals surface area contributed by atoms with Crippen molar-refractivity contribution in [3.05, 3.63) is 0 Å². The number of hydrogen-bond acceptors (Lipinski definition) is 3. The molecule has 66 valence electrons. The van der Waals surface area contributed by atoms with Gasteiger partial charge in [0.25, 0.3) is 0 Å². The summed E-state index contributed by atoms with van der Waals surface area (Å²) in [5, 5.41) is 12.8. The second-order valence-electron chi connectivity index (χ2n) is 3.05. The van der Waals surface area contributed by atoms with Gasteiger partial charge in [0.05, 0.1) is 6.10 Å². The summed E-state index contributed by atoms with van der Waals surface area (Å²) in [5.74, 6) is 0. The monoisotopic (exact) mass is 159 g/mol. The maximum absolute atomic E-state index is 9.48. The second-order valence-corrected chi connectivity index (χ2v) is 3.05. The van der Waals surface area contributed by atoms with Crippen LogP contribution in [0.4, 0.5) is 0 Å². The molecule has 0 amide bonds. The third-order valence-electron chi connectivity index (χ3n) is 2.18. The minimum absolute atomic E-state index is 0.168. The van der Waals surface area contributed by atoms with E-state index in [2.05, 4.69) is 5.32 Å². The van der Waals surface area contributed by atoms with Crippen LogP contribution in [0.3, 0.4) is 0 Å². The second kappa shape index (κ2) is 4.70. The molecule has 1 aliphatic rings. The van der Waals surface area contributed by atoms with Crippen LogP contribution >= 0.6 is 0 Å². The van der Waals surface area contributed by atoms with E-state index in [-0.39, 0.29) is 12.1 Å². The molecule has 3 nitrogen and oxygen atoms in total. The maximum atomic E-state index is 9.48. The summed E-state index contributed by atoms with van der Waals surface area (Å²) in [5.41, 5.74) is 0. The Bertz CT molecular complexity index is 108. The summed E-state index contributed by atoms with van der Waals surface area (Å²) in [7, 11) is 1.69. The highest BCUT2D eigenvalue weighted by Gasteiger charge is 2.21. The zero-order valence-electron chi connectivity index (χ0n) is 7.05. The summed E-state index contributed by atoms with van der Waals surface area (Å²) in [6.45, 7) is 1.76. The molecule has 0 aliphatic carbocycles. The fourth-order valence-electron chi connectivity index (χ4n) is 1.48. The van der Waals surface area contributed by atoms with Gasteiger partial charge in [0.15, 0.2) is 0 Å². The van der Waals surface area contributed by atoms with E-state index >= 15 is 0 Å². The van der Waals surface area contributed by atoms with Gasteiger partial charge in [-0.1, -0.05) is 0 Å². The zero-order chi connectivity index (χ0) is 8.10. The van der Waals surface area contributed by atoms with E-state index in [0.29, 0.717) is 0 Å². The van der Waals surface area contributed by atoms with Crippen molar-refractivity contribution >= 4 is 0 Å². The zero-order valence-corrected chi connectivity index (χ0v) is 7.05. The van der Waals surface area contributed by atoms with Gasteiger partial charge in [0.1, 0.15) is 0 Å². The van der Waals surface area contributed by atoms with Gasteiger partial charge < -0.3 is 15.2 Å². The number of nitrogens with one attached hydrogen (secondary N) is 1. The van der Waals surface area contributed by atoms with Gasteiger partial charge >= 0.3 is 0 Å². The Hall–Kier alpha value is -0.120. The number of methoxy groups -OCH3 is 1. The average Bonchev–Trinajstić information content (AvgIpc) is 2.03. The summed E-state index contributed by atoms with van der Waals surface area (Å²) < 4.78 is 4.94. The van der Waals surface area contributed by atoms with Crippen LogP contribution in [0, 0.1) is 0 Å². The van der Waals surface area contributed by atoms with Gasteiger partial charge in [0.2, 0.25) is 0 Å². The Balaban J connectivity index is 2.18. The fourth-order valence-corrected chi connectivity index (χ4v) is 1.48. The van der Waals surface area contributed by atoms with E-state index in [1.54, 1.807) is 7.11 Å². The Morgan fingerprint density at radius 1 is 1.64 bits per heavy atom. The van der Waals surface area contributed by atoms with Crippen LogP contribution in [0.5, 0.6) is 0 Å². The molecule has 2 atom stereocenters. The van der Waals surface area contributed by atoms with E-state index < -0.39 is 0 Å². The molecular weight excluding hydrogens is 142 g/mol. The quantitative estimate of drug-likeness (QED) is 0.615. The van der Waals surface area contributed by atoms with Crippen molar-refractivity contribution in [3.63, 3.8) is 0 Å². The molecule has 1 heterocycles. The van der Waals surface area contributed by atoms with Crippen molar-refractivity contribution in [1.29, 1.82) is 0 Å². The molecule has 0 aromatic heterocycles. The van der Waals surface area contributed by atoms with Gasteiger partial charge in [0, 0.05) is 19.8 Å². The molecule has 1 rings (SSSR count). The standard InChI is InChI=1S/C8H17NO2/c1-11-6-4-7-8(10)3-2-5-9-7/h7-10H,2-6H2,1H3/t7-,8-/m1/s1. The lowest BCUT2D eigenvalue weighted by molar-refractivity contribution is 0.0752. The molecular formula is C8H17NO2. The smallest absolute Gasteiger partial charge is 0.0694 e. The predicted octanol–water partition coefficient (Wildman–Crippen LogP) is 0.136. The van der Waals surface area contributed by atoms with Crippen molar-refractivity contribution in [1.82, 2.24) is 5.32 Å². The highest BCUT2D eigenvalue weighted by Crippen LogP contribution is 2.10. The molecule has 0 radical (unpaired) electrons.